The quantitative estimate of drug-likeness (QED) is 0.497. The number of aromatic carboxylic acids is 1. The van der Waals surface area contributed by atoms with Crippen molar-refractivity contribution in [3.63, 3.8) is 0 Å². The van der Waals surface area contributed by atoms with Gasteiger partial charge in [-0.15, -0.1) is 0 Å². The van der Waals surface area contributed by atoms with Crippen LogP contribution < -0.4 is 10.1 Å². The van der Waals surface area contributed by atoms with Crippen molar-refractivity contribution in [2.75, 3.05) is 26.2 Å². The third-order valence-electron chi connectivity index (χ3n) is 6.59. The number of benzene rings is 3. The van der Waals surface area contributed by atoms with Gasteiger partial charge in [0, 0.05) is 37.1 Å². The number of carboxylic acid groups (broad SMARTS) is 1. The summed E-state index contributed by atoms with van der Waals surface area (Å²) in [4.78, 5) is 13.8. The molecule has 33 heavy (non-hydrogen) atoms. The highest BCUT2D eigenvalue weighted by atomic mass is 16.5. The van der Waals surface area contributed by atoms with E-state index >= 15 is 0 Å². The van der Waals surface area contributed by atoms with E-state index in [1.165, 1.54) is 25.8 Å². The first-order valence-electron chi connectivity index (χ1n) is 11.8. The minimum absolute atomic E-state index is 0.296. The number of carbonyl (C=O) groups is 1. The summed E-state index contributed by atoms with van der Waals surface area (Å²) in [5.74, 6) is -0.0332. The Labute approximate surface area is 194 Å². The van der Waals surface area contributed by atoms with Crippen LogP contribution in [0, 0.1) is 0 Å². The Morgan fingerprint density at radius 1 is 1.03 bits per heavy atom. The van der Waals surface area contributed by atoms with Crippen LogP contribution >= 0.6 is 0 Å². The standard InChI is InChI=1S/C28H30N2O3/c31-28(32)23-10-8-20(9-11-23)16-21(17-29-24-14-15-30(18-24)25-12-13-25)19-33-27-7-3-5-22-4-1-2-6-26(22)27/h1-11,16,24-25,29H,12-15,17-19H2,(H,31,32)/b21-16-. The number of nitrogens with zero attached hydrogens (tertiary/aromatic N) is 1. The van der Waals surface area contributed by atoms with Gasteiger partial charge in [-0.05, 0) is 54.0 Å². The molecule has 5 nitrogen and oxygen atoms in total. The lowest BCUT2D eigenvalue weighted by Crippen LogP contribution is -2.35. The normalized spacial score (nSPS) is 19.2. The number of nitrogens with one attached hydrogen (secondary N) is 1. The minimum Gasteiger partial charge on any atom is -0.489 e. The van der Waals surface area contributed by atoms with Crippen molar-refractivity contribution in [3.05, 3.63) is 83.4 Å². The Kier molecular flexibility index (Phi) is 6.42. The van der Waals surface area contributed by atoms with E-state index in [1.807, 2.05) is 36.4 Å². The van der Waals surface area contributed by atoms with Crippen molar-refractivity contribution in [2.24, 2.45) is 0 Å². The number of hydrogen-bond donors (Lipinski definition) is 2. The molecule has 0 aromatic heterocycles. The van der Waals surface area contributed by atoms with E-state index in [2.05, 4.69) is 34.5 Å². The highest BCUT2D eigenvalue weighted by Gasteiger charge is 2.34. The predicted octanol–water partition coefficient (Wildman–Crippen LogP) is 4.83. The molecule has 5 heteroatoms. The molecule has 1 saturated carbocycles. The second-order valence-electron chi connectivity index (χ2n) is 9.09. The van der Waals surface area contributed by atoms with E-state index in [0.29, 0.717) is 18.2 Å². The summed E-state index contributed by atoms with van der Waals surface area (Å²) in [6.07, 6.45) is 5.99. The van der Waals surface area contributed by atoms with Crippen molar-refractivity contribution in [2.45, 2.75) is 31.3 Å². The fourth-order valence-corrected chi connectivity index (χ4v) is 4.59. The van der Waals surface area contributed by atoms with Crippen LogP contribution in [0.25, 0.3) is 16.8 Å². The molecule has 3 aromatic carbocycles. The van der Waals surface area contributed by atoms with Crippen LogP contribution in [0.1, 0.15) is 35.2 Å². The largest absolute Gasteiger partial charge is 0.489 e. The zero-order chi connectivity index (χ0) is 22.6. The highest BCUT2D eigenvalue weighted by molar-refractivity contribution is 5.88. The number of hydrogen-bond acceptors (Lipinski definition) is 4. The average Bonchev–Trinajstić information content (AvgIpc) is 3.59. The summed E-state index contributed by atoms with van der Waals surface area (Å²) in [7, 11) is 0. The zero-order valence-corrected chi connectivity index (χ0v) is 18.7. The third-order valence-corrected chi connectivity index (χ3v) is 6.59. The summed E-state index contributed by atoms with van der Waals surface area (Å²) in [6, 6.07) is 22.7. The van der Waals surface area contributed by atoms with Crippen LogP contribution in [0.2, 0.25) is 0 Å². The number of likely N-dealkylation sites (tertiary alicyclic amines) is 1. The molecule has 1 unspecified atom stereocenters. The second-order valence-corrected chi connectivity index (χ2v) is 9.09. The first-order chi connectivity index (χ1) is 16.2. The van der Waals surface area contributed by atoms with Crippen molar-refractivity contribution in [1.29, 1.82) is 0 Å². The molecule has 1 aliphatic heterocycles. The van der Waals surface area contributed by atoms with Gasteiger partial charge in [-0.25, -0.2) is 4.79 Å². The minimum atomic E-state index is -0.909. The van der Waals surface area contributed by atoms with Gasteiger partial charge >= 0.3 is 5.97 Å². The molecule has 0 radical (unpaired) electrons. The van der Waals surface area contributed by atoms with E-state index in [9.17, 15) is 9.90 Å². The monoisotopic (exact) mass is 442 g/mol. The number of fused-ring (bicyclic) bond motifs is 1. The molecular weight excluding hydrogens is 412 g/mol. The highest BCUT2D eigenvalue weighted by Crippen LogP contribution is 2.30. The van der Waals surface area contributed by atoms with Crippen LogP contribution in [-0.4, -0.2) is 54.3 Å². The second kappa shape index (κ2) is 9.77. The smallest absolute Gasteiger partial charge is 0.335 e. The molecule has 1 heterocycles. The molecular formula is C28H30N2O3. The van der Waals surface area contributed by atoms with Gasteiger partial charge in [-0.2, -0.15) is 0 Å². The van der Waals surface area contributed by atoms with E-state index in [4.69, 9.17) is 4.74 Å². The van der Waals surface area contributed by atoms with E-state index in [0.717, 1.165) is 46.8 Å². The molecule has 3 aromatic rings. The molecule has 2 N–H and O–H groups in total. The Bertz CT molecular complexity index is 1150. The molecule has 0 bridgehead atoms. The van der Waals surface area contributed by atoms with E-state index in [1.54, 1.807) is 12.1 Å². The first kappa shape index (κ1) is 21.7. The van der Waals surface area contributed by atoms with Gasteiger partial charge in [0.25, 0.3) is 0 Å². The maximum atomic E-state index is 11.2. The Hall–Kier alpha value is -3.15. The summed E-state index contributed by atoms with van der Waals surface area (Å²) in [5.41, 5.74) is 2.41. The maximum Gasteiger partial charge on any atom is 0.335 e. The van der Waals surface area contributed by atoms with Gasteiger partial charge in [0.1, 0.15) is 12.4 Å². The molecule has 170 valence electrons. The zero-order valence-electron chi connectivity index (χ0n) is 18.7. The summed E-state index contributed by atoms with van der Waals surface area (Å²) < 4.78 is 6.29. The predicted molar refractivity (Wildman–Crippen MR) is 132 cm³/mol. The molecule has 0 amide bonds. The van der Waals surface area contributed by atoms with Crippen molar-refractivity contribution in [1.82, 2.24) is 10.2 Å². The summed E-state index contributed by atoms with van der Waals surface area (Å²) >= 11 is 0. The topological polar surface area (TPSA) is 61.8 Å². The van der Waals surface area contributed by atoms with Crippen LogP contribution in [-0.2, 0) is 0 Å². The van der Waals surface area contributed by atoms with Crippen molar-refractivity contribution in [3.8, 4) is 5.75 Å². The Balaban J connectivity index is 1.30. The van der Waals surface area contributed by atoms with Crippen molar-refractivity contribution >= 4 is 22.8 Å². The molecule has 1 atom stereocenters. The van der Waals surface area contributed by atoms with Crippen LogP contribution in [0.5, 0.6) is 5.75 Å². The van der Waals surface area contributed by atoms with Crippen LogP contribution in [0.15, 0.2) is 72.3 Å². The molecule has 1 saturated heterocycles. The molecule has 5 rings (SSSR count). The molecule has 1 aliphatic carbocycles. The fraction of sp³-hybridized carbons (Fsp3) is 0.321. The number of ether oxygens (including phenoxy) is 1. The third kappa shape index (κ3) is 5.44. The lowest BCUT2D eigenvalue weighted by Gasteiger charge is -2.18. The Morgan fingerprint density at radius 2 is 1.82 bits per heavy atom. The average molecular weight is 443 g/mol. The van der Waals surface area contributed by atoms with Crippen LogP contribution in [0.4, 0.5) is 0 Å². The van der Waals surface area contributed by atoms with Crippen LogP contribution in [0.3, 0.4) is 0 Å². The van der Waals surface area contributed by atoms with Crippen molar-refractivity contribution < 1.29 is 14.6 Å². The summed E-state index contributed by atoms with van der Waals surface area (Å²) in [5, 5.41) is 15.2. The molecule has 2 aliphatic rings. The van der Waals surface area contributed by atoms with Gasteiger partial charge in [0.05, 0.1) is 5.56 Å². The van der Waals surface area contributed by atoms with Gasteiger partial charge in [0.15, 0.2) is 0 Å². The Morgan fingerprint density at radius 3 is 2.61 bits per heavy atom. The SMILES string of the molecule is O=C(O)c1ccc(/C=C(/CNC2CCN(C3CC3)C2)COc2cccc3ccccc23)cc1. The summed E-state index contributed by atoms with van der Waals surface area (Å²) in [6.45, 7) is 3.52. The molecule has 0 spiro atoms. The van der Waals surface area contributed by atoms with Gasteiger partial charge < -0.3 is 15.2 Å². The van der Waals surface area contributed by atoms with E-state index < -0.39 is 5.97 Å². The molecule has 2 fully saturated rings. The fourth-order valence-electron chi connectivity index (χ4n) is 4.59. The van der Waals surface area contributed by atoms with Gasteiger partial charge in [0.2, 0.25) is 0 Å². The van der Waals surface area contributed by atoms with Gasteiger partial charge in [-0.3, -0.25) is 4.90 Å². The lowest BCUT2D eigenvalue weighted by atomic mass is 10.1. The first-order valence-corrected chi connectivity index (χ1v) is 11.8. The number of rotatable bonds is 9. The lowest BCUT2D eigenvalue weighted by molar-refractivity contribution is 0.0697. The maximum absolute atomic E-state index is 11.2. The number of carboxylic acids is 1. The van der Waals surface area contributed by atoms with E-state index in [-0.39, 0.29) is 0 Å². The van der Waals surface area contributed by atoms with Gasteiger partial charge in [-0.1, -0.05) is 54.6 Å².